The van der Waals surface area contributed by atoms with Gasteiger partial charge in [0.2, 0.25) is 5.91 Å². The van der Waals surface area contributed by atoms with Gasteiger partial charge in [-0.25, -0.2) is 13.2 Å². The number of rotatable bonds is 7. The van der Waals surface area contributed by atoms with Gasteiger partial charge in [-0.15, -0.1) is 11.3 Å². The van der Waals surface area contributed by atoms with Crippen LogP contribution in [0.1, 0.15) is 34.1 Å². The van der Waals surface area contributed by atoms with E-state index in [2.05, 4.69) is 5.32 Å². The topological polar surface area (TPSA) is 89.5 Å². The first-order valence-electron chi connectivity index (χ1n) is 8.11. The fourth-order valence-electron chi connectivity index (χ4n) is 2.33. The van der Waals surface area contributed by atoms with Crippen LogP contribution in [0.4, 0.5) is 5.00 Å². The van der Waals surface area contributed by atoms with Crippen LogP contribution in [0.5, 0.6) is 0 Å². The van der Waals surface area contributed by atoms with Crippen molar-refractivity contribution in [1.29, 1.82) is 0 Å². The predicted octanol–water partition coefficient (Wildman–Crippen LogP) is 3.34. The van der Waals surface area contributed by atoms with E-state index in [1.807, 2.05) is 6.92 Å². The van der Waals surface area contributed by atoms with Gasteiger partial charge in [0.25, 0.3) is 0 Å². The van der Waals surface area contributed by atoms with E-state index in [0.717, 1.165) is 10.4 Å². The highest BCUT2D eigenvalue weighted by Gasteiger charge is 2.23. The van der Waals surface area contributed by atoms with Crippen molar-refractivity contribution >= 4 is 38.1 Å². The van der Waals surface area contributed by atoms with Crippen molar-refractivity contribution in [3.63, 3.8) is 0 Å². The monoisotopic (exact) mass is 395 g/mol. The molecule has 0 spiro atoms. The molecular weight excluding hydrogens is 374 g/mol. The van der Waals surface area contributed by atoms with Gasteiger partial charge in [-0.2, -0.15) is 0 Å². The molecule has 2 rings (SSSR count). The third-order valence-electron chi connectivity index (χ3n) is 3.82. The van der Waals surface area contributed by atoms with Gasteiger partial charge in [-0.3, -0.25) is 4.79 Å². The number of aryl methyl sites for hydroxylation is 1. The number of sulfone groups is 1. The summed E-state index contributed by atoms with van der Waals surface area (Å²) < 4.78 is 29.5. The summed E-state index contributed by atoms with van der Waals surface area (Å²) in [5, 5.41) is 3.04. The largest absolute Gasteiger partial charge is 0.462 e. The molecule has 26 heavy (non-hydrogen) atoms. The summed E-state index contributed by atoms with van der Waals surface area (Å²) in [6, 6.07) is 7.99. The van der Waals surface area contributed by atoms with E-state index in [4.69, 9.17) is 4.74 Å². The average Bonchev–Trinajstić information content (AvgIpc) is 2.88. The summed E-state index contributed by atoms with van der Waals surface area (Å²) in [7, 11) is -3.53. The fourth-order valence-corrected chi connectivity index (χ4v) is 4.65. The number of carbonyl (C=O) groups is 2. The van der Waals surface area contributed by atoms with Gasteiger partial charge in [-0.1, -0.05) is 18.2 Å². The molecule has 1 heterocycles. The zero-order valence-corrected chi connectivity index (χ0v) is 16.5. The van der Waals surface area contributed by atoms with Crippen LogP contribution < -0.4 is 5.32 Å². The van der Waals surface area contributed by atoms with Crippen molar-refractivity contribution in [3.8, 4) is 0 Å². The summed E-state index contributed by atoms with van der Waals surface area (Å²) in [5.74, 6) is -1.26. The van der Waals surface area contributed by atoms with E-state index < -0.39 is 21.7 Å². The number of amides is 1. The molecule has 140 valence electrons. The molecular formula is C18H21NO5S2. The molecule has 0 aliphatic carbocycles. The zero-order chi connectivity index (χ0) is 19.3. The van der Waals surface area contributed by atoms with E-state index in [0.29, 0.717) is 10.6 Å². The predicted molar refractivity (Wildman–Crippen MR) is 101 cm³/mol. The van der Waals surface area contributed by atoms with Gasteiger partial charge in [0, 0.05) is 11.3 Å². The molecule has 1 amide bonds. The van der Waals surface area contributed by atoms with Gasteiger partial charge in [0.1, 0.15) is 5.00 Å². The van der Waals surface area contributed by atoms with E-state index in [1.54, 1.807) is 32.0 Å². The molecule has 0 atom stereocenters. The van der Waals surface area contributed by atoms with Crippen molar-refractivity contribution in [2.75, 3.05) is 17.7 Å². The van der Waals surface area contributed by atoms with Gasteiger partial charge in [-0.05, 0) is 38.5 Å². The number of hydrogen-bond acceptors (Lipinski definition) is 6. The minimum absolute atomic E-state index is 0.183. The second-order valence-electron chi connectivity index (χ2n) is 5.64. The van der Waals surface area contributed by atoms with Crippen LogP contribution >= 0.6 is 11.3 Å². The number of esters is 1. The maximum Gasteiger partial charge on any atom is 0.341 e. The van der Waals surface area contributed by atoms with Gasteiger partial charge in [0.05, 0.1) is 22.8 Å². The lowest BCUT2D eigenvalue weighted by molar-refractivity contribution is -0.115. The first kappa shape index (κ1) is 20.1. The number of thiophene rings is 1. The highest BCUT2D eigenvalue weighted by molar-refractivity contribution is 7.91. The van der Waals surface area contributed by atoms with E-state index in [-0.39, 0.29) is 23.7 Å². The fraction of sp³-hybridized carbons (Fsp3) is 0.333. The van der Waals surface area contributed by atoms with E-state index in [9.17, 15) is 18.0 Å². The Balaban J connectivity index is 2.09. The first-order valence-corrected chi connectivity index (χ1v) is 10.6. The molecule has 0 saturated heterocycles. The number of hydrogen-bond donors (Lipinski definition) is 1. The van der Waals surface area contributed by atoms with E-state index in [1.165, 1.54) is 23.5 Å². The Morgan fingerprint density at radius 3 is 2.42 bits per heavy atom. The molecule has 0 aliphatic rings. The molecule has 0 unspecified atom stereocenters. The molecule has 1 N–H and O–H groups in total. The van der Waals surface area contributed by atoms with Gasteiger partial charge in [0.15, 0.2) is 9.84 Å². The third kappa shape index (κ3) is 4.70. The smallest absolute Gasteiger partial charge is 0.341 e. The van der Waals surface area contributed by atoms with Crippen molar-refractivity contribution in [2.24, 2.45) is 0 Å². The van der Waals surface area contributed by atoms with Crippen LogP contribution in [-0.4, -0.2) is 32.7 Å². The average molecular weight is 396 g/mol. The number of ether oxygens (including phenoxy) is 1. The van der Waals surface area contributed by atoms with Gasteiger partial charge < -0.3 is 10.1 Å². The van der Waals surface area contributed by atoms with Crippen molar-refractivity contribution in [1.82, 2.24) is 0 Å². The quantitative estimate of drug-likeness (QED) is 0.726. The Morgan fingerprint density at radius 1 is 1.15 bits per heavy atom. The highest BCUT2D eigenvalue weighted by atomic mass is 32.2. The molecule has 2 aromatic rings. The Hall–Kier alpha value is -2.19. The number of carbonyl (C=O) groups excluding carboxylic acids is 2. The summed E-state index contributed by atoms with van der Waals surface area (Å²) in [5.41, 5.74) is 1.08. The number of nitrogens with one attached hydrogen (secondary N) is 1. The Labute approximate surface area is 157 Å². The number of benzene rings is 1. The normalized spacial score (nSPS) is 11.2. The van der Waals surface area contributed by atoms with Crippen LogP contribution in [0.15, 0.2) is 35.2 Å². The third-order valence-corrected chi connectivity index (χ3v) is 6.67. The maximum atomic E-state index is 12.3. The van der Waals surface area contributed by atoms with Crippen LogP contribution in [0.2, 0.25) is 0 Å². The summed E-state index contributed by atoms with van der Waals surface area (Å²) >= 11 is 1.27. The lowest BCUT2D eigenvalue weighted by Gasteiger charge is -2.08. The first-order chi connectivity index (χ1) is 12.3. The van der Waals surface area contributed by atoms with Crippen molar-refractivity contribution in [3.05, 3.63) is 46.3 Å². The Morgan fingerprint density at radius 2 is 1.81 bits per heavy atom. The Kier molecular flexibility index (Phi) is 6.55. The molecule has 1 aromatic heterocycles. The minimum atomic E-state index is -3.53. The SMILES string of the molecule is CCOC(=O)c1c(NC(=O)CCS(=O)(=O)c2ccccc2)sc(C)c1C. The van der Waals surface area contributed by atoms with Crippen molar-refractivity contribution < 1.29 is 22.7 Å². The molecule has 0 fully saturated rings. The standard InChI is InChI=1S/C18H21NO5S2/c1-4-24-18(21)16-12(2)13(3)25-17(16)19-15(20)10-11-26(22,23)14-8-6-5-7-9-14/h5-9H,4,10-11H2,1-3H3,(H,19,20). The molecule has 8 heteroatoms. The molecule has 0 saturated carbocycles. The number of anilines is 1. The lowest BCUT2D eigenvalue weighted by Crippen LogP contribution is -2.18. The van der Waals surface area contributed by atoms with Crippen LogP contribution in [-0.2, 0) is 19.4 Å². The second-order valence-corrected chi connectivity index (χ2v) is 8.97. The molecule has 0 aliphatic heterocycles. The summed E-state index contributed by atoms with van der Waals surface area (Å²) in [4.78, 5) is 25.4. The lowest BCUT2D eigenvalue weighted by atomic mass is 10.1. The van der Waals surface area contributed by atoms with Crippen LogP contribution in [0.3, 0.4) is 0 Å². The molecule has 0 radical (unpaired) electrons. The summed E-state index contributed by atoms with van der Waals surface area (Å²) in [6.07, 6.45) is -0.199. The maximum absolute atomic E-state index is 12.3. The second kappa shape index (κ2) is 8.46. The Bertz CT molecular complexity index is 901. The minimum Gasteiger partial charge on any atom is -0.462 e. The van der Waals surface area contributed by atoms with E-state index >= 15 is 0 Å². The molecule has 6 nitrogen and oxygen atoms in total. The van der Waals surface area contributed by atoms with Crippen LogP contribution in [0, 0.1) is 13.8 Å². The van der Waals surface area contributed by atoms with Gasteiger partial charge >= 0.3 is 5.97 Å². The van der Waals surface area contributed by atoms with Crippen LogP contribution in [0.25, 0.3) is 0 Å². The highest BCUT2D eigenvalue weighted by Crippen LogP contribution is 2.33. The molecule has 0 bridgehead atoms. The zero-order valence-electron chi connectivity index (χ0n) is 14.9. The van der Waals surface area contributed by atoms with Crippen molar-refractivity contribution in [2.45, 2.75) is 32.1 Å². The summed E-state index contributed by atoms with van der Waals surface area (Å²) in [6.45, 7) is 5.57. The molecule has 1 aromatic carbocycles.